The van der Waals surface area contributed by atoms with Gasteiger partial charge in [-0.2, -0.15) is 0 Å². The molecule has 17 heavy (non-hydrogen) atoms. The zero-order chi connectivity index (χ0) is 13.0. The number of nitrogens with two attached hydrogens (primary N) is 1. The molecule has 0 bridgehead atoms. The molecular formula is C12H16Cl2N2O. The van der Waals surface area contributed by atoms with Gasteiger partial charge in [0.25, 0.3) is 0 Å². The van der Waals surface area contributed by atoms with E-state index in [0.29, 0.717) is 28.1 Å². The second-order valence-electron chi connectivity index (χ2n) is 4.28. The van der Waals surface area contributed by atoms with Crippen LogP contribution < -0.4 is 11.1 Å². The number of primary amides is 1. The Morgan fingerprint density at radius 2 is 2.06 bits per heavy atom. The average Bonchev–Trinajstić information content (AvgIpc) is 2.23. The molecule has 0 radical (unpaired) electrons. The van der Waals surface area contributed by atoms with Gasteiger partial charge in [0.2, 0.25) is 5.91 Å². The predicted octanol–water partition coefficient (Wildman–Crippen LogP) is 2.77. The van der Waals surface area contributed by atoms with Crippen LogP contribution >= 0.6 is 23.2 Å². The summed E-state index contributed by atoms with van der Waals surface area (Å²) in [6.45, 7) is 4.77. The fourth-order valence-electron chi connectivity index (χ4n) is 1.46. The number of carbonyl (C=O) groups excluding carboxylic acids is 1. The quantitative estimate of drug-likeness (QED) is 0.868. The molecule has 0 aliphatic carbocycles. The van der Waals surface area contributed by atoms with E-state index in [1.54, 1.807) is 18.2 Å². The Labute approximate surface area is 111 Å². The van der Waals surface area contributed by atoms with E-state index in [-0.39, 0.29) is 0 Å². The second kappa shape index (κ2) is 6.24. The van der Waals surface area contributed by atoms with Crippen molar-refractivity contribution in [3.05, 3.63) is 33.8 Å². The molecule has 0 aromatic heterocycles. The summed E-state index contributed by atoms with van der Waals surface area (Å²) < 4.78 is 0. The molecular weight excluding hydrogens is 259 g/mol. The number of carbonyl (C=O) groups is 1. The van der Waals surface area contributed by atoms with Gasteiger partial charge in [-0.15, -0.1) is 0 Å². The van der Waals surface area contributed by atoms with Crippen LogP contribution in [0.1, 0.15) is 25.5 Å². The summed E-state index contributed by atoms with van der Waals surface area (Å²) in [4.78, 5) is 11.4. The molecule has 0 spiro atoms. The molecule has 1 aromatic carbocycles. The first kappa shape index (κ1) is 14.3. The maximum atomic E-state index is 11.4. The van der Waals surface area contributed by atoms with Crippen molar-refractivity contribution in [2.24, 2.45) is 11.7 Å². The second-order valence-corrected chi connectivity index (χ2v) is 5.07. The van der Waals surface area contributed by atoms with Crippen LogP contribution in [0, 0.1) is 5.92 Å². The number of nitrogens with one attached hydrogen (secondary N) is 1. The molecule has 0 fully saturated rings. The van der Waals surface area contributed by atoms with Gasteiger partial charge in [-0.25, -0.2) is 0 Å². The lowest BCUT2D eigenvalue weighted by atomic mass is 10.1. The topological polar surface area (TPSA) is 55.1 Å². The lowest BCUT2D eigenvalue weighted by Crippen LogP contribution is -2.35. The standard InChI is InChI=1S/C12H16Cl2N2O/c1-7(2)6-16-11(12(15)17)8-4-3-5-9(13)10(8)14/h3-5,7,11,16H,6H2,1-2H3,(H2,15,17). The minimum absolute atomic E-state index is 0.370. The van der Waals surface area contributed by atoms with Crippen molar-refractivity contribution in [2.75, 3.05) is 6.54 Å². The summed E-state index contributed by atoms with van der Waals surface area (Å²) in [7, 11) is 0. The number of rotatable bonds is 5. The Morgan fingerprint density at radius 1 is 1.41 bits per heavy atom. The summed E-state index contributed by atoms with van der Waals surface area (Å²) in [6, 6.07) is 4.56. The smallest absolute Gasteiger partial charge is 0.239 e. The van der Waals surface area contributed by atoms with Crippen LogP contribution in [0.5, 0.6) is 0 Å². The lowest BCUT2D eigenvalue weighted by Gasteiger charge is -2.18. The Bertz CT molecular complexity index is 407. The van der Waals surface area contributed by atoms with E-state index in [0.717, 1.165) is 0 Å². The van der Waals surface area contributed by atoms with Crippen LogP contribution in [-0.2, 0) is 4.79 Å². The van der Waals surface area contributed by atoms with E-state index in [9.17, 15) is 4.79 Å². The Balaban J connectivity index is 2.97. The van der Waals surface area contributed by atoms with E-state index in [4.69, 9.17) is 28.9 Å². The van der Waals surface area contributed by atoms with Crippen molar-refractivity contribution in [1.29, 1.82) is 0 Å². The lowest BCUT2D eigenvalue weighted by molar-refractivity contribution is -0.120. The summed E-state index contributed by atoms with van der Waals surface area (Å²) in [6.07, 6.45) is 0. The Kier molecular flexibility index (Phi) is 5.25. The molecule has 0 saturated carbocycles. The molecule has 0 aliphatic heterocycles. The zero-order valence-corrected chi connectivity index (χ0v) is 11.3. The third-order valence-electron chi connectivity index (χ3n) is 2.31. The van der Waals surface area contributed by atoms with Crippen molar-refractivity contribution < 1.29 is 4.79 Å². The Hall–Kier alpha value is -0.770. The molecule has 1 atom stereocenters. The van der Waals surface area contributed by atoms with Crippen molar-refractivity contribution in [2.45, 2.75) is 19.9 Å². The van der Waals surface area contributed by atoms with Crippen molar-refractivity contribution in [3.63, 3.8) is 0 Å². The van der Waals surface area contributed by atoms with Crippen molar-refractivity contribution in [1.82, 2.24) is 5.32 Å². The van der Waals surface area contributed by atoms with Crippen molar-refractivity contribution >= 4 is 29.1 Å². The molecule has 1 unspecified atom stereocenters. The molecule has 0 saturated heterocycles. The largest absolute Gasteiger partial charge is 0.368 e. The first-order valence-corrected chi connectivity index (χ1v) is 6.15. The van der Waals surface area contributed by atoms with Gasteiger partial charge in [0.15, 0.2) is 0 Å². The fourth-order valence-corrected chi connectivity index (χ4v) is 1.88. The highest BCUT2D eigenvalue weighted by Gasteiger charge is 2.21. The van der Waals surface area contributed by atoms with Gasteiger partial charge in [-0.1, -0.05) is 49.2 Å². The molecule has 94 valence electrons. The highest BCUT2D eigenvalue weighted by atomic mass is 35.5. The summed E-state index contributed by atoms with van der Waals surface area (Å²) >= 11 is 12.0. The molecule has 0 aliphatic rings. The summed E-state index contributed by atoms with van der Waals surface area (Å²) in [5, 5.41) is 3.87. The number of benzene rings is 1. The van der Waals surface area contributed by atoms with Crippen LogP contribution in [0.25, 0.3) is 0 Å². The number of amides is 1. The maximum absolute atomic E-state index is 11.4. The molecule has 3 N–H and O–H groups in total. The molecule has 0 heterocycles. The third kappa shape index (κ3) is 3.87. The van der Waals surface area contributed by atoms with E-state index in [1.165, 1.54) is 0 Å². The minimum Gasteiger partial charge on any atom is -0.368 e. The van der Waals surface area contributed by atoms with E-state index < -0.39 is 11.9 Å². The predicted molar refractivity (Wildman–Crippen MR) is 71.2 cm³/mol. The van der Waals surface area contributed by atoms with Crippen molar-refractivity contribution in [3.8, 4) is 0 Å². The number of hydrogen-bond donors (Lipinski definition) is 2. The SMILES string of the molecule is CC(C)CNC(C(N)=O)c1cccc(Cl)c1Cl. The van der Waals surface area contributed by atoms with Gasteiger partial charge >= 0.3 is 0 Å². The van der Waals surface area contributed by atoms with Gasteiger partial charge in [0, 0.05) is 0 Å². The Morgan fingerprint density at radius 3 is 2.59 bits per heavy atom. The average molecular weight is 275 g/mol. The van der Waals surface area contributed by atoms with Gasteiger partial charge in [-0.05, 0) is 24.1 Å². The molecule has 1 aromatic rings. The van der Waals surface area contributed by atoms with Crippen LogP contribution in [0.3, 0.4) is 0 Å². The minimum atomic E-state index is -0.608. The zero-order valence-electron chi connectivity index (χ0n) is 9.84. The number of halogens is 2. The van der Waals surface area contributed by atoms with Crippen LogP contribution in [0.2, 0.25) is 10.0 Å². The van der Waals surface area contributed by atoms with Crippen LogP contribution in [-0.4, -0.2) is 12.5 Å². The van der Waals surface area contributed by atoms with E-state index in [1.807, 2.05) is 13.8 Å². The van der Waals surface area contributed by atoms with Crippen LogP contribution in [0.4, 0.5) is 0 Å². The first-order chi connectivity index (χ1) is 7.93. The van der Waals surface area contributed by atoms with E-state index >= 15 is 0 Å². The van der Waals surface area contributed by atoms with E-state index in [2.05, 4.69) is 5.32 Å². The van der Waals surface area contributed by atoms with Gasteiger partial charge in [0.1, 0.15) is 6.04 Å². The first-order valence-electron chi connectivity index (χ1n) is 5.40. The monoisotopic (exact) mass is 274 g/mol. The number of hydrogen-bond acceptors (Lipinski definition) is 2. The summed E-state index contributed by atoms with van der Waals surface area (Å²) in [5.41, 5.74) is 5.99. The van der Waals surface area contributed by atoms with Gasteiger partial charge in [-0.3, -0.25) is 4.79 Å². The molecule has 1 amide bonds. The molecule has 3 nitrogen and oxygen atoms in total. The normalized spacial score (nSPS) is 12.8. The maximum Gasteiger partial charge on any atom is 0.239 e. The highest BCUT2D eigenvalue weighted by molar-refractivity contribution is 6.42. The molecule has 5 heteroatoms. The fraction of sp³-hybridized carbons (Fsp3) is 0.417. The summed E-state index contributed by atoms with van der Waals surface area (Å²) in [5.74, 6) is -0.0513. The van der Waals surface area contributed by atoms with Gasteiger partial charge < -0.3 is 11.1 Å². The third-order valence-corrected chi connectivity index (χ3v) is 3.14. The highest BCUT2D eigenvalue weighted by Crippen LogP contribution is 2.29. The molecule has 1 rings (SSSR count). The van der Waals surface area contributed by atoms with Crippen LogP contribution in [0.15, 0.2) is 18.2 Å². The van der Waals surface area contributed by atoms with Gasteiger partial charge in [0.05, 0.1) is 10.0 Å².